The van der Waals surface area contributed by atoms with Gasteiger partial charge in [0.15, 0.2) is 17.6 Å². The number of rotatable bonds is 6. The number of nitrogens with one attached hydrogen (secondary N) is 1. The van der Waals surface area contributed by atoms with E-state index >= 15 is 0 Å². The summed E-state index contributed by atoms with van der Waals surface area (Å²) in [5, 5.41) is 11.8. The van der Waals surface area contributed by atoms with Crippen molar-refractivity contribution in [2.24, 2.45) is 0 Å². The van der Waals surface area contributed by atoms with Crippen LogP contribution in [0.5, 0.6) is 11.5 Å². The van der Waals surface area contributed by atoms with Gasteiger partial charge in [-0.15, -0.1) is 0 Å². The van der Waals surface area contributed by atoms with Crippen molar-refractivity contribution in [2.75, 3.05) is 7.11 Å². The molecule has 1 atom stereocenters. The van der Waals surface area contributed by atoms with Gasteiger partial charge in [-0.05, 0) is 26.0 Å². The predicted molar refractivity (Wildman–Crippen MR) is 97.1 cm³/mol. The van der Waals surface area contributed by atoms with E-state index in [0.717, 1.165) is 16.6 Å². The minimum atomic E-state index is -0.844. The van der Waals surface area contributed by atoms with Crippen molar-refractivity contribution >= 4 is 22.4 Å². The molecule has 1 aromatic heterocycles. The van der Waals surface area contributed by atoms with Crippen molar-refractivity contribution in [3.63, 3.8) is 0 Å². The average molecular weight is 354 g/mol. The van der Waals surface area contributed by atoms with E-state index in [1.807, 2.05) is 31.2 Å². The Balaban J connectivity index is 1.93. The molecule has 0 amide bonds. The molecule has 7 heteroatoms. The molecule has 26 heavy (non-hydrogen) atoms. The van der Waals surface area contributed by atoms with Crippen LogP contribution in [0.4, 0.5) is 5.69 Å². The second-order valence-electron chi connectivity index (χ2n) is 5.89. The molecule has 1 N–H and O–H groups in total. The first-order chi connectivity index (χ1) is 12.4. The Morgan fingerprint density at radius 2 is 1.92 bits per heavy atom. The van der Waals surface area contributed by atoms with Crippen LogP contribution in [0.25, 0.3) is 10.9 Å². The molecule has 0 spiro atoms. The molecule has 0 fully saturated rings. The molecule has 0 aliphatic heterocycles. The molecule has 0 bridgehead atoms. The highest BCUT2D eigenvalue weighted by molar-refractivity contribution is 6.11. The van der Waals surface area contributed by atoms with Crippen molar-refractivity contribution in [1.29, 1.82) is 0 Å². The van der Waals surface area contributed by atoms with E-state index in [4.69, 9.17) is 9.47 Å². The largest absolute Gasteiger partial charge is 0.493 e. The number of carbonyl (C=O) groups excluding carboxylic acids is 1. The van der Waals surface area contributed by atoms with Crippen molar-refractivity contribution < 1.29 is 19.2 Å². The minimum Gasteiger partial charge on any atom is -0.493 e. The number of aromatic nitrogens is 1. The summed E-state index contributed by atoms with van der Waals surface area (Å²) in [6.07, 6.45) is -0.844. The molecular weight excluding hydrogens is 336 g/mol. The quantitative estimate of drug-likeness (QED) is 0.409. The van der Waals surface area contributed by atoms with Crippen molar-refractivity contribution in [3.8, 4) is 11.5 Å². The third-order valence-corrected chi connectivity index (χ3v) is 4.17. The van der Waals surface area contributed by atoms with Crippen LogP contribution in [0.1, 0.15) is 23.0 Å². The summed E-state index contributed by atoms with van der Waals surface area (Å²) in [6.45, 7) is 3.44. The molecule has 3 aromatic rings. The fourth-order valence-electron chi connectivity index (χ4n) is 2.91. The zero-order valence-electron chi connectivity index (χ0n) is 14.6. The smallest absolute Gasteiger partial charge is 0.273 e. The Hall–Kier alpha value is -3.35. The Morgan fingerprint density at radius 1 is 1.19 bits per heavy atom. The van der Waals surface area contributed by atoms with Crippen molar-refractivity contribution in [2.45, 2.75) is 20.0 Å². The number of nitrogens with zero attached hydrogens (tertiary/aromatic N) is 1. The molecule has 7 nitrogen and oxygen atoms in total. The van der Waals surface area contributed by atoms with Crippen LogP contribution >= 0.6 is 0 Å². The zero-order valence-corrected chi connectivity index (χ0v) is 14.6. The van der Waals surface area contributed by atoms with E-state index in [1.165, 1.54) is 25.3 Å². The maximum atomic E-state index is 12.9. The lowest BCUT2D eigenvalue weighted by molar-refractivity contribution is -0.385. The van der Waals surface area contributed by atoms with Gasteiger partial charge in [-0.25, -0.2) is 0 Å². The normalized spacial score (nSPS) is 12.0. The maximum Gasteiger partial charge on any atom is 0.273 e. The Morgan fingerprint density at radius 3 is 2.62 bits per heavy atom. The molecule has 2 aromatic carbocycles. The van der Waals surface area contributed by atoms with Gasteiger partial charge in [-0.3, -0.25) is 14.9 Å². The number of aryl methyl sites for hydroxylation is 1. The van der Waals surface area contributed by atoms with Gasteiger partial charge < -0.3 is 14.5 Å². The number of carbonyl (C=O) groups is 1. The molecular formula is C19H18N2O5. The molecule has 0 unspecified atom stereocenters. The Labute approximate surface area is 149 Å². The summed E-state index contributed by atoms with van der Waals surface area (Å²) in [4.78, 5) is 26.6. The van der Waals surface area contributed by atoms with Crippen LogP contribution in [-0.4, -0.2) is 28.9 Å². The first-order valence-electron chi connectivity index (χ1n) is 8.03. The van der Waals surface area contributed by atoms with E-state index in [2.05, 4.69) is 4.98 Å². The molecule has 0 aliphatic carbocycles. The summed E-state index contributed by atoms with van der Waals surface area (Å²) >= 11 is 0. The van der Waals surface area contributed by atoms with Crippen molar-refractivity contribution in [3.05, 3.63) is 63.8 Å². The van der Waals surface area contributed by atoms with E-state index in [-0.39, 0.29) is 17.2 Å². The van der Waals surface area contributed by atoms with Gasteiger partial charge in [0, 0.05) is 28.2 Å². The van der Waals surface area contributed by atoms with Gasteiger partial charge in [0.1, 0.15) is 0 Å². The molecule has 0 saturated carbocycles. The number of methoxy groups -OCH3 is 1. The number of H-pyrrole nitrogens is 1. The number of para-hydroxylation sites is 1. The zero-order chi connectivity index (χ0) is 18.8. The number of ether oxygens (including phenoxy) is 2. The van der Waals surface area contributed by atoms with Crippen LogP contribution in [0.3, 0.4) is 0 Å². The highest BCUT2D eigenvalue weighted by Crippen LogP contribution is 2.33. The van der Waals surface area contributed by atoms with E-state index in [9.17, 15) is 14.9 Å². The van der Waals surface area contributed by atoms with Gasteiger partial charge in [0.2, 0.25) is 5.78 Å². The highest BCUT2D eigenvalue weighted by atomic mass is 16.6. The molecule has 0 saturated heterocycles. The number of Topliss-reactive ketones (excluding diaryl/α,β-unsaturated/α-hetero) is 1. The van der Waals surface area contributed by atoms with E-state index in [0.29, 0.717) is 11.3 Å². The number of nitro groups is 1. The average Bonchev–Trinajstić information content (AvgIpc) is 2.96. The maximum absolute atomic E-state index is 12.9. The minimum absolute atomic E-state index is 0.135. The topological polar surface area (TPSA) is 94.5 Å². The third-order valence-electron chi connectivity index (χ3n) is 4.17. The van der Waals surface area contributed by atoms with E-state index in [1.54, 1.807) is 6.92 Å². The van der Waals surface area contributed by atoms with Crippen LogP contribution in [0.2, 0.25) is 0 Å². The van der Waals surface area contributed by atoms with Crippen molar-refractivity contribution in [1.82, 2.24) is 4.98 Å². The fourth-order valence-corrected chi connectivity index (χ4v) is 2.91. The van der Waals surface area contributed by atoms with Gasteiger partial charge in [-0.2, -0.15) is 0 Å². The molecule has 134 valence electrons. The summed E-state index contributed by atoms with van der Waals surface area (Å²) in [5.41, 5.74) is 2.03. The van der Waals surface area contributed by atoms with Gasteiger partial charge >= 0.3 is 0 Å². The second-order valence-corrected chi connectivity index (χ2v) is 5.89. The van der Waals surface area contributed by atoms with Gasteiger partial charge in [-0.1, -0.05) is 18.2 Å². The van der Waals surface area contributed by atoms with Crippen LogP contribution < -0.4 is 9.47 Å². The number of nitro benzene ring substituents is 1. The summed E-state index contributed by atoms with van der Waals surface area (Å²) < 4.78 is 10.9. The monoisotopic (exact) mass is 354 g/mol. The Bertz CT molecular complexity index is 993. The lowest BCUT2D eigenvalue weighted by Gasteiger charge is -2.16. The number of non-ortho nitro benzene ring substituents is 1. The number of hydrogen-bond acceptors (Lipinski definition) is 5. The van der Waals surface area contributed by atoms with Crippen LogP contribution in [0, 0.1) is 17.0 Å². The number of aromatic amines is 1. The third kappa shape index (κ3) is 3.11. The van der Waals surface area contributed by atoms with Gasteiger partial charge in [0.25, 0.3) is 5.69 Å². The number of fused-ring (bicyclic) bond motifs is 1. The number of hydrogen-bond donors (Lipinski definition) is 1. The molecule has 0 aliphatic rings. The highest BCUT2D eigenvalue weighted by Gasteiger charge is 2.24. The number of ketones is 1. The first kappa shape index (κ1) is 17.5. The molecule has 3 rings (SSSR count). The number of benzene rings is 2. The van der Waals surface area contributed by atoms with Crippen LogP contribution in [0.15, 0.2) is 42.5 Å². The standard InChI is InChI=1S/C19H18N2O5/c1-11-18(14-6-4-5-7-15(14)20-11)19(22)12(2)26-17-10-13(21(23)24)8-9-16(17)25-3/h4-10,12,20H,1-3H3/t12-/m1/s1. The predicted octanol–water partition coefficient (Wildman–Crippen LogP) is 4.04. The lowest BCUT2D eigenvalue weighted by atomic mass is 10.0. The van der Waals surface area contributed by atoms with E-state index < -0.39 is 11.0 Å². The fraction of sp³-hybridized carbons (Fsp3) is 0.211. The summed E-state index contributed by atoms with van der Waals surface area (Å²) in [6, 6.07) is 11.5. The molecule has 0 radical (unpaired) electrons. The van der Waals surface area contributed by atoms with Gasteiger partial charge in [0.05, 0.1) is 18.1 Å². The summed E-state index contributed by atoms with van der Waals surface area (Å²) in [7, 11) is 1.43. The second kappa shape index (κ2) is 6.87. The summed E-state index contributed by atoms with van der Waals surface area (Å²) in [5.74, 6) is 0.263. The SMILES string of the molecule is COc1ccc([N+](=O)[O-])cc1O[C@H](C)C(=O)c1c(C)[nH]c2ccccc12. The Kier molecular flexibility index (Phi) is 4.62. The molecule has 1 heterocycles. The van der Waals surface area contributed by atoms with Crippen LogP contribution in [-0.2, 0) is 0 Å². The lowest BCUT2D eigenvalue weighted by Crippen LogP contribution is -2.24. The first-order valence-corrected chi connectivity index (χ1v) is 8.03.